The fourth-order valence-electron chi connectivity index (χ4n) is 17.7. The van der Waals surface area contributed by atoms with Crippen molar-refractivity contribution in [1.82, 2.24) is 31.9 Å². The molecule has 1 heterocycles. The summed E-state index contributed by atoms with van der Waals surface area (Å²) in [5.41, 5.74) is 2.28. The van der Waals surface area contributed by atoms with Gasteiger partial charge in [-0.3, -0.25) is 43.2 Å². The molecule has 0 spiro atoms. The van der Waals surface area contributed by atoms with E-state index in [0.717, 1.165) is 42.9 Å². The van der Waals surface area contributed by atoms with E-state index in [1.165, 1.54) is 106 Å². The van der Waals surface area contributed by atoms with Crippen molar-refractivity contribution in [3.05, 3.63) is 87.6 Å². The fraction of sp³-hybridized carbons (Fsp3) is 0.616. The number of ether oxygens (including phenoxy) is 4. The first-order valence-electron chi connectivity index (χ1n) is 40.8. The maximum absolute atomic E-state index is 14.2. The molecular weight excluding hydrogens is 1470 g/mol. The Morgan fingerprint density at radius 1 is 0.632 bits per heavy atom. The minimum Gasteiger partial charge on any atom is -0.872 e. The summed E-state index contributed by atoms with van der Waals surface area (Å²) in [7, 11) is 0. The van der Waals surface area contributed by atoms with Crippen LogP contribution >= 0.6 is 0 Å². The smallest absolute Gasteiger partial charge is 0.407 e. The number of ketones is 3. The second-order valence-corrected chi connectivity index (χ2v) is 32.1. The molecule has 7 N–H and O–H groups in total. The highest BCUT2D eigenvalue weighted by atomic mass is 16.6. The number of nitrogens with one attached hydrogen (secondary N) is 6. The average molecular weight is 1580 g/mol. The number of fused-ring (bicyclic) bond motifs is 7. The monoisotopic (exact) mass is 1580 g/mol. The number of amides is 6. The Labute approximate surface area is 666 Å². The highest BCUT2D eigenvalue weighted by molar-refractivity contribution is 6.09. The zero-order chi connectivity index (χ0) is 82.6. The molecule has 114 heavy (non-hydrogen) atoms. The van der Waals surface area contributed by atoms with Crippen LogP contribution in [0.2, 0.25) is 0 Å². The van der Waals surface area contributed by atoms with Crippen molar-refractivity contribution in [2.75, 3.05) is 65.8 Å². The van der Waals surface area contributed by atoms with Crippen LogP contribution in [-0.4, -0.2) is 160 Å². The number of allylic oxidation sites excluding steroid dienone is 1. The number of hydrogen-bond donors (Lipinski definition) is 7. The summed E-state index contributed by atoms with van der Waals surface area (Å²) in [5.74, 6) is -5.63. The highest BCUT2D eigenvalue weighted by Gasteiger charge is 2.59. The summed E-state index contributed by atoms with van der Waals surface area (Å²) in [6, 6.07) is 9.19. The molecule has 2 aromatic carbocycles. The molecule has 3 fully saturated rings. The number of aromatic carboxylic acids is 1. The van der Waals surface area contributed by atoms with E-state index in [2.05, 4.69) is 72.6 Å². The second kappa shape index (κ2) is 44.5. The van der Waals surface area contributed by atoms with Crippen LogP contribution < -0.4 is 52.6 Å². The lowest BCUT2D eigenvalue weighted by molar-refractivity contribution is -0.307. The molecule has 6 amide bonds. The maximum atomic E-state index is 14.2. The van der Waals surface area contributed by atoms with Crippen molar-refractivity contribution in [2.45, 2.75) is 214 Å². The summed E-state index contributed by atoms with van der Waals surface area (Å²) >= 11 is 0. The molecule has 6 aliphatic rings. The molecule has 28 heteroatoms. The Morgan fingerprint density at radius 3 is 2.06 bits per heavy atom. The third kappa shape index (κ3) is 26.6. The van der Waals surface area contributed by atoms with Gasteiger partial charge in [0.05, 0.1) is 44.6 Å². The van der Waals surface area contributed by atoms with Gasteiger partial charge in [-0.2, -0.15) is 0 Å². The number of carboxylic acid groups (broad SMARTS) is 3. The average Bonchev–Trinajstić information content (AvgIpc) is 1.49. The Bertz CT molecular complexity index is 4080. The standard InChI is InChI=1S/C86H118N6O22/c1-51(2)12-10-13-52(3)68-27-28-69-62-22-16-55-45-60(21-26-61(55)66(62)44-53(4)86(68,69)6)113-85(109)89-37-32-77(99)87-36-33-78(100)91-70(29-31-80(103)104)73(97)47-57(18-30-79(101)102)83(106)92-71(72(96)14-11-38-110-40-42-112-43-41-111-39-34-54(5)93)50-90-76(98)15-8-7-9-35-88-82(105)56-17-23-63(67(46-56)84(107)108)81-64-24-19-58(94)48-74(64)114-75-49-59(95)20-25-65(75)81/h16-17,19-20,23-25,46,48-49,51-53,57,60-62,66,68-71,94H,7-15,18,21-22,26-45,47,50H2,1-6H3,(H,87,99)(H,88,105)(H,89,109)(H,90,98)(H,91,100)(H,92,106)(H,101,102)(H,103,104)(H,107,108)/p-3/t52-,53?,57-,60+,61?,62+,66?,68?,69?,70+,71+,86?/m1/s1. The van der Waals surface area contributed by atoms with Gasteiger partial charge in [0.1, 0.15) is 29.3 Å². The molecule has 0 bridgehead atoms. The topological polar surface area (TPSA) is 434 Å². The van der Waals surface area contributed by atoms with Gasteiger partial charge in [-0.1, -0.05) is 90.2 Å². The van der Waals surface area contributed by atoms with Crippen LogP contribution in [-0.2, 0) is 62.1 Å². The van der Waals surface area contributed by atoms with Gasteiger partial charge in [-0.25, -0.2) is 9.59 Å². The number of unbranched alkanes of at least 4 members (excludes halogenated alkanes) is 2. The van der Waals surface area contributed by atoms with E-state index in [0.29, 0.717) is 71.3 Å². The third-order valence-corrected chi connectivity index (χ3v) is 23.7. The van der Waals surface area contributed by atoms with E-state index < -0.39 is 122 Å². The lowest BCUT2D eigenvalue weighted by atomic mass is 9.48. The van der Waals surface area contributed by atoms with Crippen molar-refractivity contribution in [2.24, 2.45) is 58.7 Å². The van der Waals surface area contributed by atoms with Crippen LogP contribution in [0.15, 0.2) is 75.5 Å². The van der Waals surface area contributed by atoms with E-state index in [1.807, 2.05) is 0 Å². The van der Waals surface area contributed by atoms with Gasteiger partial charge < -0.3 is 85.3 Å². The van der Waals surface area contributed by atoms with Gasteiger partial charge in [-0.15, -0.1) is 5.75 Å². The van der Waals surface area contributed by atoms with Crippen LogP contribution in [0, 0.1) is 58.7 Å². The Morgan fingerprint density at radius 2 is 1.33 bits per heavy atom. The molecule has 0 saturated heterocycles. The molecule has 6 unspecified atom stereocenters. The number of rotatable bonds is 49. The van der Waals surface area contributed by atoms with Crippen LogP contribution in [0.1, 0.15) is 216 Å². The molecule has 5 aliphatic carbocycles. The van der Waals surface area contributed by atoms with Crippen molar-refractivity contribution >= 4 is 81.9 Å². The first kappa shape index (κ1) is 90.1. The number of carbonyl (C=O) groups is 12. The minimum atomic E-state index is -1.58. The van der Waals surface area contributed by atoms with E-state index in [9.17, 15) is 82.8 Å². The third-order valence-electron chi connectivity index (χ3n) is 23.7. The van der Waals surface area contributed by atoms with Crippen molar-refractivity contribution in [3.8, 4) is 28.2 Å². The summed E-state index contributed by atoms with van der Waals surface area (Å²) in [5, 5.41) is 62.3. The Kier molecular flexibility index (Phi) is 35.2. The second-order valence-electron chi connectivity index (χ2n) is 32.1. The lowest BCUT2D eigenvalue weighted by Gasteiger charge is -2.57. The van der Waals surface area contributed by atoms with Gasteiger partial charge in [0.15, 0.2) is 17.0 Å². The zero-order valence-corrected chi connectivity index (χ0v) is 66.8. The number of Topliss-reactive ketones (excluding diaryl/α,β-unsaturated/α-hetero) is 3. The first-order valence-corrected chi connectivity index (χ1v) is 40.8. The minimum absolute atomic E-state index is 0.00251. The van der Waals surface area contributed by atoms with E-state index in [1.54, 1.807) is 0 Å². The van der Waals surface area contributed by atoms with Crippen molar-refractivity contribution in [3.63, 3.8) is 0 Å². The number of aliphatic carboxylic acids is 2. The predicted octanol–water partition coefficient (Wildman–Crippen LogP) is 7.61. The highest BCUT2D eigenvalue weighted by Crippen LogP contribution is 2.67. The zero-order valence-electron chi connectivity index (χ0n) is 66.8. The largest absolute Gasteiger partial charge is 0.872 e. The van der Waals surface area contributed by atoms with Crippen LogP contribution in [0.3, 0.4) is 0 Å². The summed E-state index contributed by atoms with van der Waals surface area (Å²) in [6.07, 6.45) is 10.3. The molecular formula is C86H115N6O22-3. The van der Waals surface area contributed by atoms with Gasteiger partial charge in [0.2, 0.25) is 23.6 Å². The predicted molar refractivity (Wildman–Crippen MR) is 416 cm³/mol. The molecule has 3 saturated carbocycles. The number of carbonyl (C=O) groups excluding carboxylic acids is 11. The van der Waals surface area contributed by atoms with Gasteiger partial charge in [0.25, 0.3) is 5.91 Å². The summed E-state index contributed by atoms with van der Waals surface area (Å²) in [6.45, 7) is 14.3. The molecule has 8 rings (SSSR count). The summed E-state index contributed by atoms with van der Waals surface area (Å²) in [4.78, 5) is 168. The maximum Gasteiger partial charge on any atom is 0.407 e. The summed E-state index contributed by atoms with van der Waals surface area (Å²) < 4.78 is 28.2. The molecule has 28 nitrogen and oxygen atoms in total. The quantitative estimate of drug-likeness (QED) is 0.0127. The molecule has 0 radical (unpaired) electrons. The molecule has 0 aromatic heterocycles. The van der Waals surface area contributed by atoms with E-state index in [-0.39, 0.29) is 149 Å². The first-order chi connectivity index (χ1) is 54.5. The number of alkyl carbamates (subject to hydrolysis) is 1. The fourth-order valence-corrected chi connectivity index (χ4v) is 17.7. The molecule has 12 atom stereocenters. The van der Waals surface area contributed by atoms with Gasteiger partial charge in [-0.05, 0) is 179 Å². The lowest BCUT2D eigenvalue weighted by Crippen LogP contribution is -2.51. The number of benzene rings is 3. The molecule has 2 aromatic rings. The van der Waals surface area contributed by atoms with Gasteiger partial charge >= 0.3 is 12.1 Å². The Hall–Kier alpha value is -9.41. The Balaban J connectivity index is 0.788. The number of hydrogen-bond acceptors (Lipinski definition) is 21. The van der Waals surface area contributed by atoms with E-state index in [4.69, 9.17) is 23.4 Å². The molecule has 1 aliphatic heterocycles. The number of carboxylic acids is 3. The van der Waals surface area contributed by atoms with Crippen molar-refractivity contribution < 1.29 is 101 Å². The van der Waals surface area contributed by atoms with Crippen LogP contribution in [0.5, 0.6) is 5.75 Å². The normalized spacial score (nSPS) is 20.7. The van der Waals surface area contributed by atoms with E-state index >= 15 is 0 Å². The van der Waals surface area contributed by atoms with Crippen LogP contribution in [0.4, 0.5) is 4.79 Å². The van der Waals surface area contributed by atoms with Crippen molar-refractivity contribution in [1.29, 1.82) is 0 Å². The SMILES string of the molecule is CC(=O)CCOCCOCCOCCCC(=O)[C@H](CNC(=O)CCCCCNC(=O)c1ccc(-c2c3ccc(=O)cc-3oc3cc([O-])ccc23)c(C(=O)O)c1)NC(=O)[C@H](CCC(=O)[O-])CC(=O)[C@H](CCC(=O)[O-])NC(=O)CCNC(=O)CCNC(=O)O[C@H]1CCC2C(=CC[C@H]3C2CC(C)C2(C)C3CCC2[C@H](C)CCCC(C)C)C1. The molecule has 624 valence electrons. The van der Waals surface area contributed by atoms with Crippen LogP contribution in [0.25, 0.3) is 33.4 Å². The van der Waals surface area contributed by atoms with Gasteiger partial charge in [0, 0.05) is 124 Å².